The Morgan fingerprint density at radius 2 is 1.56 bits per heavy atom. The van der Waals surface area contributed by atoms with Crippen molar-refractivity contribution in [1.29, 1.82) is 0 Å². The predicted octanol–water partition coefficient (Wildman–Crippen LogP) is 2.27. The number of furan rings is 1. The minimum Gasteiger partial charge on any atom is -0.456 e. The van der Waals surface area contributed by atoms with Crippen LogP contribution in [-0.4, -0.2) is 91.6 Å². The second-order valence-electron chi connectivity index (χ2n) is 8.58. The van der Waals surface area contributed by atoms with Gasteiger partial charge < -0.3 is 24.4 Å². The van der Waals surface area contributed by atoms with E-state index < -0.39 is 0 Å². The van der Waals surface area contributed by atoms with Crippen molar-refractivity contribution in [3.8, 4) is 0 Å². The Bertz CT molecular complexity index is 899. The number of rotatable bonds is 5. The molecule has 1 atom stereocenters. The number of carbonyl (C=O) groups is 2. The van der Waals surface area contributed by atoms with Crippen LogP contribution in [0.5, 0.6) is 0 Å². The molecule has 4 rings (SSSR count). The van der Waals surface area contributed by atoms with E-state index >= 15 is 0 Å². The minimum absolute atomic E-state index is 0.0549. The molecule has 2 saturated heterocycles. The third-order valence-corrected chi connectivity index (χ3v) is 6.41. The number of para-hydroxylation sites is 1. The number of benzene rings is 1. The van der Waals surface area contributed by atoms with Gasteiger partial charge in [-0.2, -0.15) is 0 Å². The highest BCUT2D eigenvalue weighted by atomic mass is 16.3. The van der Waals surface area contributed by atoms with E-state index in [1.807, 2.05) is 13.0 Å². The van der Waals surface area contributed by atoms with Crippen molar-refractivity contribution < 1.29 is 14.0 Å². The first-order valence-electron chi connectivity index (χ1n) is 11.4. The third kappa shape index (κ3) is 5.24. The van der Waals surface area contributed by atoms with Gasteiger partial charge in [0.05, 0.1) is 0 Å². The Balaban J connectivity index is 1.17. The van der Waals surface area contributed by atoms with Crippen molar-refractivity contribution in [1.82, 2.24) is 20.0 Å². The lowest BCUT2D eigenvalue weighted by atomic mass is 10.2. The van der Waals surface area contributed by atoms with Gasteiger partial charge in [0.1, 0.15) is 5.76 Å². The van der Waals surface area contributed by atoms with Crippen LogP contribution < -0.4 is 10.2 Å². The van der Waals surface area contributed by atoms with Crippen molar-refractivity contribution in [2.75, 3.05) is 63.8 Å². The van der Waals surface area contributed by atoms with E-state index in [1.54, 1.807) is 21.9 Å². The van der Waals surface area contributed by atoms with Crippen LogP contribution in [0.25, 0.3) is 0 Å². The maximum atomic E-state index is 12.6. The summed E-state index contributed by atoms with van der Waals surface area (Å²) < 4.78 is 5.44. The molecular formula is C24H33N5O3. The third-order valence-electron chi connectivity index (χ3n) is 6.41. The molecule has 1 aromatic heterocycles. The Kier molecular flexibility index (Phi) is 6.99. The molecule has 3 heterocycles. The second kappa shape index (κ2) is 10.1. The Hall–Kier alpha value is -3.00. The molecule has 0 radical (unpaired) electrons. The van der Waals surface area contributed by atoms with E-state index in [4.69, 9.17) is 4.42 Å². The average Bonchev–Trinajstić information content (AvgIpc) is 3.29. The van der Waals surface area contributed by atoms with Crippen LogP contribution in [0, 0.1) is 6.92 Å². The molecule has 8 nitrogen and oxygen atoms in total. The summed E-state index contributed by atoms with van der Waals surface area (Å²) >= 11 is 0. The van der Waals surface area contributed by atoms with Gasteiger partial charge in [0, 0.05) is 70.6 Å². The zero-order valence-corrected chi connectivity index (χ0v) is 19.0. The smallest absolute Gasteiger partial charge is 0.317 e. The van der Waals surface area contributed by atoms with Gasteiger partial charge >= 0.3 is 6.03 Å². The molecule has 1 aromatic carbocycles. The molecule has 8 heteroatoms. The molecule has 0 spiro atoms. The highest BCUT2D eigenvalue weighted by Gasteiger charge is 2.27. The first-order valence-corrected chi connectivity index (χ1v) is 11.4. The number of piperazine rings is 2. The number of aryl methyl sites for hydroxylation is 1. The van der Waals surface area contributed by atoms with Crippen LogP contribution in [0.3, 0.4) is 0 Å². The lowest BCUT2D eigenvalue weighted by Crippen LogP contribution is -2.56. The van der Waals surface area contributed by atoms with Gasteiger partial charge in [0.15, 0.2) is 5.76 Å². The van der Waals surface area contributed by atoms with E-state index in [-0.39, 0.29) is 18.0 Å². The lowest BCUT2D eigenvalue weighted by molar-refractivity contribution is 0.0631. The standard InChI is InChI=1S/C24H33N5O3/c1-19(26-10-12-27(13-11-26)21-6-4-3-5-7-21)18-25-24(31)29-16-14-28(15-17-29)23(30)22-9-8-20(2)32-22/h3-9,19H,10-18H2,1-2H3,(H,25,31). The first-order chi connectivity index (χ1) is 15.5. The molecule has 2 fully saturated rings. The topological polar surface area (TPSA) is 72.3 Å². The highest BCUT2D eigenvalue weighted by molar-refractivity contribution is 5.91. The van der Waals surface area contributed by atoms with E-state index in [0.717, 1.165) is 31.9 Å². The summed E-state index contributed by atoms with van der Waals surface area (Å²) in [4.78, 5) is 33.5. The van der Waals surface area contributed by atoms with Gasteiger partial charge in [0.2, 0.25) is 0 Å². The molecule has 0 bridgehead atoms. The normalized spacial score (nSPS) is 18.5. The van der Waals surface area contributed by atoms with E-state index in [1.165, 1.54) is 5.69 Å². The summed E-state index contributed by atoms with van der Waals surface area (Å²) in [6, 6.07) is 14.2. The number of anilines is 1. The molecule has 32 heavy (non-hydrogen) atoms. The van der Waals surface area contributed by atoms with Crippen LogP contribution in [0.15, 0.2) is 46.9 Å². The highest BCUT2D eigenvalue weighted by Crippen LogP contribution is 2.17. The fourth-order valence-corrected chi connectivity index (χ4v) is 4.35. The van der Waals surface area contributed by atoms with Gasteiger partial charge in [-0.1, -0.05) is 18.2 Å². The van der Waals surface area contributed by atoms with Crippen molar-refractivity contribution in [3.63, 3.8) is 0 Å². The van der Waals surface area contributed by atoms with E-state index in [0.29, 0.717) is 38.5 Å². The predicted molar refractivity (Wildman–Crippen MR) is 124 cm³/mol. The maximum absolute atomic E-state index is 12.6. The SMILES string of the molecule is Cc1ccc(C(=O)N2CCN(C(=O)NCC(C)N3CCN(c4ccccc4)CC3)CC2)o1. The molecule has 2 aromatic rings. The summed E-state index contributed by atoms with van der Waals surface area (Å²) in [6.07, 6.45) is 0. The van der Waals surface area contributed by atoms with Gasteiger partial charge in [0.25, 0.3) is 5.91 Å². The van der Waals surface area contributed by atoms with Gasteiger partial charge in [-0.15, -0.1) is 0 Å². The van der Waals surface area contributed by atoms with Gasteiger partial charge in [-0.3, -0.25) is 9.69 Å². The number of amides is 3. The molecule has 1 N–H and O–H groups in total. The summed E-state index contributed by atoms with van der Waals surface area (Å²) in [6.45, 7) is 10.7. The number of hydrogen-bond acceptors (Lipinski definition) is 5. The quantitative estimate of drug-likeness (QED) is 0.774. The van der Waals surface area contributed by atoms with Crippen LogP contribution in [0.2, 0.25) is 0 Å². The summed E-state index contributed by atoms with van der Waals surface area (Å²) in [5.74, 6) is 0.977. The molecule has 3 amide bonds. The number of nitrogens with one attached hydrogen (secondary N) is 1. The monoisotopic (exact) mass is 439 g/mol. The van der Waals surface area contributed by atoms with Crippen LogP contribution in [0.1, 0.15) is 23.2 Å². The largest absolute Gasteiger partial charge is 0.456 e. The van der Waals surface area contributed by atoms with Gasteiger partial charge in [-0.25, -0.2) is 4.79 Å². The molecule has 2 aliphatic heterocycles. The summed E-state index contributed by atoms with van der Waals surface area (Å²) in [7, 11) is 0. The summed E-state index contributed by atoms with van der Waals surface area (Å²) in [5.41, 5.74) is 1.27. The fraction of sp³-hybridized carbons (Fsp3) is 0.500. The zero-order valence-electron chi connectivity index (χ0n) is 19.0. The minimum atomic E-state index is -0.110. The van der Waals surface area contributed by atoms with Crippen LogP contribution in [-0.2, 0) is 0 Å². The average molecular weight is 440 g/mol. The van der Waals surface area contributed by atoms with Gasteiger partial charge in [-0.05, 0) is 38.1 Å². The molecule has 0 saturated carbocycles. The van der Waals surface area contributed by atoms with Crippen molar-refractivity contribution in [2.45, 2.75) is 19.9 Å². The number of carbonyl (C=O) groups excluding carboxylic acids is 2. The maximum Gasteiger partial charge on any atom is 0.317 e. The molecule has 1 unspecified atom stereocenters. The van der Waals surface area contributed by atoms with Crippen molar-refractivity contribution in [2.24, 2.45) is 0 Å². The van der Waals surface area contributed by atoms with Crippen molar-refractivity contribution in [3.05, 3.63) is 54.0 Å². The first kappa shape index (κ1) is 22.2. The number of hydrogen-bond donors (Lipinski definition) is 1. The molecule has 0 aliphatic carbocycles. The lowest BCUT2D eigenvalue weighted by Gasteiger charge is -2.39. The van der Waals surface area contributed by atoms with Crippen LogP contribution in [0.4, 0.5) is 10.5 Å². The zero-order chi connectivity index (χ0) is 22.5. The Labute approximate surface area is 189 Å². The van der Waals surface area contributed by atoms with Crippen LogP contribution >= 0.6 is 0 Å². The molecule has 2 aliphatic rings. The van der Waals surface area contributed by atoms with E-state index in [9.17, 15) is 9.59 Å². The van der Waals surface area contributed by atoms with E-state index in [2.05, 4.69) is 46.3 Å². The number of urea groups is 1. The molecule has 172 valence electrons. The Morgan fingerprint density at radius 3 is 2.19 bits per heavy atom. The second-order valence-corrected chi connectivity index (χ2v) is 8.58. The van der Waals surface area contributed by atoms with Crippen molar-refractivity contribution >= 4 is 17.6 Å². The Morgan fingerprint density at radius 1 is 0.906 bits per heavy atom. The summed E-state index contributed by atoms with van der Waals surface area (Å²) in [5, 5.41) is 3.08. The number of nitrogens with zero attached hydrogens (tertiary/aromatic N) is 4. The molecular weight excluding hydrogens is 406 g/mol. The fourth-order valence-electron chi connectivity index (χ4n) is 4.35.